The number of hydrogen-bond acceptors (Lipinski definition) is 5. The van der Waals surface area contributed by atoms with Crippen LogP contribution in [0.5, 0.6) is 0 Å². The zero-order valence-corrected chi connectivity index (χ0v) is 22.1. The van der Waals surface area contributed by atoms with Gasteiger partial charge < -0.3 is 19.7 Å². The number of nitrogens with one attached hydrogen (secondary N) is 1. The summed E-state index contributed by atoms with van der Waals surface area (Å²) >= 11 is 0. The van der Waals surface area contributed by atoms with E-state index in [4.69, 9.17) is 9.47 Å². The average molecular weight is 527 g/mol. The highest BCUT2D eigenvalue weighted by atomic mass is 16.5. The number of carbonyl (C=O) groups excluding carboxylic acids is 3. The van der Waals surface area contributed by atoms with E-state index in [0.29, 0.717) is 13.2 Å². The van der Waals surface area contributed by atoms with Crippen LogP contribution in [-0.2, 0) is 30.3 Å². The predicted molar refractivity (Wildman–Crippen MR) is 147 cm³/mol. The Labute approximate surface area is 229 Å². The molecule has 0 spiro atoms. The van der Waals surface area contributed by atoms with Gasteiger partial charge in [-0.25, -0.2) is 0 Å². The third-order valence-electron chi connectivity index (χ3n) is 7.75. The topological polar surface area (TPSA) is 84.9 Å². The van der Waals surface area contributed by atoms with Crippen molar-refractivity contribution in [3.8, 4) is 0 Å². The maximum Gasteiger partial charge on any atom is 0.311 e. The number of rotatable bonds is 8. The van der Waals surface area contributed by atoms with Crippen molar-refractivity contribution in [3.63, 3.8) is 0 Å². The normalized spacial score (nSPS) is 24.3. The summed E-state index contributed by atoms with van der Waals surface area (Å²) in [6.45, 7) is 1.04. The first-order valence-corrected chi connectivity index (χ1v) is 13.5. The molecule has 3 aromatic carbocycles. The fraction of sp³-hybridized carbons (Fsp3) is 0.344. The molecule has 2 amide bonds. The Balaban J connectivity index is 1.62. The van der Waals surface area contributed by atoms with Crippen LogP contribution in [0, 0.1) is 5.92 Å². The lowest BCUT2D eigenvalue weighted by Gasteiger charge is -2.32. The minimum Gasteiger partial charge on any atom is -0.469 e. The lowest BCUT2D eigenvalue weighted by atomic mass is 9.80. The van der Waals surface area contributed by atoms with E-state index in [0.717, 1.165) is 29.5 Å². The monoisotopic (exact) mass is 526 g/mol. The minimum atomic E-state index is -0.917. The Morgan fingerprint density at radius 3 is 2.10 bits per heavy atom. The molecule has 2 fully saturated rings. The summed E-state index contributed by atoms with van der Waals surface area (Å²) in [5, 5.41) is 3.05. The molecule has 2 aliphatic rings. The molecule has 0 saturated carbocycles. The van der Waals surface area contributed by atoms with Crippen molar-refractivity contribution in [1.82, 2.24) is 10.2 Å². The number of benzene rings is 3. The van der Waals surface area contributed by atoms with Crippen molar-refractivity contribution >= 4 is 17.8 Å². The Morgan fingerprint density at radius 2 is 1.51 bits per heavy atom. The first-order valence-electron chi connectivity index (χ1n) is 13.5. The van der Waals surface area contributed by atoms with E-state index in [-0.39, 0.29) is 24.3 Å². The number of methoxy groups -OCH3 is 1. The van der Waals surface area contributed by atoms with Gasteiger partial charge in [0.2, 0.25) is 11.8 Å². The lowest BCUT2D eigenvalue weighted by molar-refractivity contribution is -0.147. The molecule has 39 heavy (non-hydrogen) atoms. The Bertz CT molecular complexity index is 1260. The van der Waals surface area contributed by atoms with Gasteiger partial charge in [-0.3, -0.25) is 14.4 Å². The number of ether oxygens (including phenoxy) is 2. The van der Waals surface area contributed by atoms with Crippen molar-refractivity contribution < 1.29 is 23.9 Å². The van der Waals surface area contributed by atoms with Gasteiger partial charge in [-0.1, -0.05) is 91.0 Å². The van der Waals surface area contributed by atoms with E-state index in [2.05, 4.69) is 5.32 Å². The highest BCUT2D eigenvalue weighted by Crippen LogP contribution is 2.50. The maximum absolute atomic E-state index is 14.2. The molecule has 2 aliphatic heterocycles. The summed E-state index contributed by atoms with van der Waals surface area (Å²) < 4.78 is 11.1. The van der Waals surface area contributed by atoms with Crippen molar-refractivity contribution in [2.24, 2.45) is 5.92 Å². The number of carbonyl (C=O) groups is 3. The molecule has 5 rings (SSSR count). The smallest absolute Gasteiger partial charge is 0.311 e. The summed E-state index contributed by atoms with van der Waals surface area (Å²) in [7, 11) is 1.35. The van der Waals surface area contributed by atoms with Gasteiger partial charge in [0.1, 0.15) is 6.04 Å². The van der Waals surface area contributed by atoms with E-state index in [1.165, 1.54) is 7.11 Å². The van der Waals surface area contributed by atoms with Crippen molar-refractivity contribution in [2.45, 2.75) is 43.4 Å². The second kappa shape index (κ2) is 12.3. The van der Waals surface area contributed by atoms with Gasteiger partial charge in [0.05, 0.1) is 31.6 Å². The fourth-order valence-corrected chi connectivity index (χ4v) is 5.99. The summed E-state index contributed by atoms with van der Waals surface area (Å²) in [6.07, 6.45) is 1.88. The second-order valence-electron chi connectivity index (χ2n) is 10.1. The summed E-state index contributed by atoms with van der Waals surface area (Å²) in [6, 6.07) is 26.8. The molecular weight excluding hydrogens is 492 g/mol. The molecule has 202 valence electrons. The van der Waals surface area contributed by atoms with Crippen LogP contribution in [0.2, 0.25) is 0 Å². The average Bonchev–Trinajstić information content (AvgIpc) is 3.63. The largest absolute Gasteiger partial charge is 0.469 e. The molecule has 1 N–H and O–H groups in total. The Kier molecular flexibility index (Phi) is 8.37. The summed E-state index contributed by atoms with van der Waals surface area (Å²) in [5.74, 6) is -2.36. The highest BCUT2D eigenvalue weighted by Gasteiger charge is 2.57. The van der Waals surface area contributed by atoms with Crippen LogP contribution in [0.3, 0.4) is 0 Å². The first kappa shape index (κ1) is 26.6. The standard InChI is InChI=1S/C32H34N2O5/c1-38-32(37)28-27(23-14-7-3-8-15-23)30(31(36)33-21-25-18-11-19-39-25)34(29(28)24-16-9-4-10-17-24)26(35)20-22-12-5-2-6-13-22/h2-10,12-17,25,27-30H,11,18-21H2,1H3,(H,33,36). The molecule has 2 heterocycles. The number of likely N-dealkylation sites (tertiary alicyclic amines) is 1. The van der Waals surface area contributed by atoms with E-state index < -0.39 is 29.9 Å². The van der Waals surface area contributed by atoms with Gasteiger partial charge >= 0.3 is 5.97 Å². The van der Waals surface area contributed by atoms with Crippen LogP contribution in [0.4, 0.5) is 0 Å². The lowest BCUT2D eigenvalue weighted by Crippen LogP contribution is -2.50. The molecule has 7 heteroatoms. The molecule has 7 nitrogen and oxygen atoms in total. The molecule has 0 radical (unpaired) electrons. The molecule has 0 aliphatic carbocycles. The predicted octanol–water partition coefficient (Wildman–Crippen LogP) is 4.05. The summed E-state index contributed by atoms with van der Waals surface area (Å²) in [4.78, 5) is 43.4. The third-order valence-corrected chi connectivity index (χ3v) is 7.75. The molecule has 2 saturated heterocycles. The Morgan fingerprint density at radius 1 is 0.897 bits per heavy atom. The fourth-order valence-electron chi connectivity index (χ4n) is 5.99. The number of esters is 1. The molecular formula is C32H34N2O5. The number of nitrogens with zero attached hydrogens (tertiary/aromatic N) is 1. The molecule has 5 atom stereocenters. The first-order chi connectivity index (χ1) is 19.1. The van der Waals surface area contributed by atoms with Crippen LogP contribution in [-0.4, -0.2) is 55.1 Å². The zero-order chi connectivity index (χ0) is 27.2. The second-order valence-corrected chi connectivity index (χ2v) is 10.1. The van der Waals surface area contributed by atoms with Gasteiger partial charge in [-0.05, 0) is 29.5 Å². The van der Waals surface area contributed by atoms with Gasteiger partial charge in [-0.2, -0.15) is 0 Å². The maximum atomic E-state index is 14.2. The zero-order valence-electron chi connectivity index (χ0n) is 22.1. The van der Waals surface area contributed by atoms with E-state index in [1.807, 2.05) is 91.0 Å². The van der Waals surface area contributed by atoms with Crippen LogP contribution in [0.25, 0.3) is 0 Å². The van der Waals surface area contributed by atoms with Gasteiger partial charge in [-0.15, -0.1) is 0 Å². The van der Waals surface area contributed by atoms with Crippen molar-refractivity contribution in [1.29, 1.82) is 0 Å². The molecule has 3 aromatic rings. The number of hydrogen-bond donors (Lipinski definition) is 1. The SMILES string of the molecule is COC(=O)C1C(c2ccccc2)C(C(=O)NCC2CCCO2)N(C(=O)Cc2ccccc2)C1c1ccccc1. The van der Waals surface area contributed by atoms with E-state index in [1.54, 1.807) is 4.90 Å². The van der Waals surface area contributed by atoms with Crippen molar-refractivity contribution in [3.05, 3.63) is 108 Å². The molecule has 0 aromatic heterocycles. The van der Waals surface area contributed by atoms with Gasteiger partial charge in [0, 0.05) is 19.1 Å². The van der Waals surface area contributed by atoms with E-state index in [9.17, 15) is 14.4 Å². The number of amides is 2. The minimum absolute atomic E-state index is 0.0553. The van der Waals surface area contributed by atoms with Crippen LogP contribution < -0.4 is 5.32 Å². The quantitative estimate of drug-likeness (QED) is 0.448. The van der Waals surface area contributed by atoms with Crippen LogP contribution in [0.1, 0.15) is 41.5 Å². The molecule has 0 bridgehead atoms. The van der Waals surface area contributed by atoms with Gasteiger partial charge in [0.25, 0.3) is 0 Å². The van der Waals surface area contributed by atoms with Crippen LogP contribution in [0.15, 0.2) is 91.0 Å². The van der Waals surface area contributed by atoms with E-state index >= 15 is 0 Å². The van der Waals surface area contributed by atoms with Crippen LogP contribution >= 0.6 is 0 Å². The highest BCUT2D eigenvalue weighted by molar-refractivity contribution is 5.93. The third kappa shape index (κ3) is 5.73. The van der Waals surface area contributed by atoms with Gasteiger partial charge in [0.15, 0.2) is 0 Å². The Hall–Kier alpha value is -3.97. The van der Waals surface area contributed by atoms with Crippen molar-refractivity contribution in [2.75, 3.05) is 20.3 Å². The summed E-state index contributed by atoms with van der Waals surface area (Å²) in [5.41, 5.74) is 2.43. The molecule has 5 unspecified atom stereocenters.